The topological polar surface area (TPSA) is 158 Å². The van der Waals surface area contributed by atoms with Crippen molar-refractivity contribution >= 4 is 25.0 Å². The van der Waals surface area contributed by atoms with Crippen LogP contribution in [0.25, 0.3) is 0 Å². The number of rotatable bonds is 13. The fourth-order valence-corrected chi connectivity index (χ4v) is 4.48. The number of ether oxygens (including phenoxy) is 2. The number of methoxy groups -OCH3 is 1. The molecule has 1 aliphatic rings. The molecule has 3 atom stereocenters. The zero-order chi connectivity index (χ0) is 29.3. The number of aliphatic hydroxyl groups is 1. The number of hydrogen-bond acceptors (Lipinski definition) is 8. The van der Waals surface area contributed by atoms with Gasteiger partial charge in [-0.3, -0.25) is 9.59 Å². The van der Waals surface area contributed by atoms with E-state index in [4.69, 9.17) is 14.6 Å². The highest BCUT2D eigenvalue weighted by Crippen LogP contribution is 2.20. The van der Waals surface area contributed by atoms with Crippen LogP contribution in [-0.2, 0) is 32.1 Å². The van der Waals surface area contributed by atoms with Crippen LogP contribution in [0.5, 0.6) is 0 Å². The van der Waals surface area contributed by atoms with E-state index in [1.165, 1.54) is 4.90 Å². The molecule has 0 bridgehead atoms. The minimum absolute atomic E-state index is 0.0572. The zero-order valence-electron chi connectivity index (χ0n) is 23.1. The minimum atomic E-state index is -1.74. The van der Waals surface area contributed by atoms with Gasteiger partial charge >= 0.3 is 13.2 Å². The summed E-state index contributed by atoms with van der Waals surface area (Å²) in [4.78, 5) is 40.9. The van der Waals surface area contributed by atoms with Gasteiger partial charge in [-0.2, -0.15) is 0 Å². The third-order valence-electron chi connectivity index (χ3n) is 6.48. The Morgan fingerprint density at radius 1 is 1.00 bits per heavy atom. The molecule has 1 saturated heterocycles. The average molecular weight is 557 g/mol. The lowest BCUT2D eigenvalue weighted by atomic mass is 9.76. The fourth-order valence-electron chi connectivity index (χ4n) is 4.48. The number of carbonyl (C=O) groups excluding carboxylic acids is 3. The molecule has 0 aliphatic carbocycles. The predicted molar refractivity (Wildman–Crippen MR) is 150 cm³/mol. The van der Waals surface area contributed by atoms with Crippen molar-refractivity contribution in [3.63, 3.8) is 0 Å². The summed E-state index contributed by atoms with van der Waals surface area (Å²) in [5.41, 5.74) is 1.66. The predicted octanol–water partition coefficient (Wildman–Crippen LogP) is 1.05. The van der Waals surface area contributed by atoms with E-state index in [0.29, 0.717) is 38.8 Å². The number of hydrogen-bond donors (Lipinski definition) is 5. The molecule has 0 radical (unpaired) electrons. The summed E-state index contributed by atoms with van der Waals surface area (Å²) < 4.78 is 10.3. The van der Waals surface area contributed by atoms with Crippen molar-refractivity contribution in [2.45, 2.75) is 56.7 Å². The van der Waals surface area contributed by atoms with E-state index in [2.05, 4.69) is 10.6 Å². The van der Waals surface area contributed by atoms with Crippen molar-refractivity contribution in [3.8, 4) is 0 Å². The van der Waals surface area contributed by atoms with Crippen LogP contribution in [-0.4, -0.2) is 90.5 Å². The number of likely N-dealkylation sites (tertiary alicyclic amines) is 1. The number of carbonyl (C=O) groups is 3. The molecule has 3 rings (SSSR count). The Bertz CT molecular complexity index is 1030. The van der Waals surface area contributed by atoms with E-state index in [1.54, 1.807) is 7.11 Å². The SMILES string of the molecule is CO.COCCCC(NC(=O)[C@@H]1CCCN1C(=O)[C@@H](Cc1ccccc1)NC(=O)OCc1ccccc1)B(O)O. The summed E-state index contributed by atoms with van der Waals surface area (Å²) in [6.07, 6.45) is 1.37. The van der Waals surface area contributed by atoms with Crippen LogP contribution in [0.3, 0.4) is 0 Å². The van der Waals surface area contributed by atoms with Gasteiger partial charge in [0.15, 0.2) is 0 Å². The molecule has 11 nitrogen and oxygen atoms in total. The third kappa shape index (κ3) is 10.6. The zero-order valence-corrected chi connectivity index (χ0v) is 23.1. The summed E-state index contributed by atoms with van der Waals surface area (Å²) in [5, 5.41) is 31.8. The Morgan fingerprint density at radius 3 is 2.23 bits per heavy atom. The van der Waals surface area contributed by atoms with Crippen molar-refractivity contribution in [1.29, 1.82) is 0 Å². The minimum Gasteiger partial charge on any atom is -0.445 e. The van der Waals surface area contributed by atoms with Gasteiger partial charge in [0.25, 0.3) is 0 Å². The number of nitrogens with one attached hydrogen (secondary N) is 2. The average Bonchev–Trinajstić information content (AvgIpc) is 3.47. The quantitative estimate of drug-likeness (QED) is 0.181. The lowest BCUT2D eigenvalue weighted by Crippen LogP contribution is -2.56. The summed E-state index contributed by atoms with van der Waals surface area (Å²) >= 11 is 0. The van der Waals surface area contributed by atoms with Gasteiger partial charge in [-0.25, -0.2) is 4.79 Å². The molecule has 2 aromatic carbocycles. The summed E-state index contributed by atoms with van der Waals surface area (Å²) in [7, 11) is 0.802. The second-order valence-electron chi connectivity index (χ2n) is 9.30. The Balaban J connectivity index is 0.00000274. The van der Waals surface area contributed by atoms with Crippen molar-refractivity contribution in [2.24, 2.45) is 0 Å². The molecule has 2 aromatic rings. The molecule has 0 saturated carbocycles. The summed E-state index contributed by atoms with van der Waals surface area (Å²) in [6, 6.07) is 16.8. The Labute approximate surface area is 235 Å². The van der Waals surface area contributed by atoms with Gasteiger partial charge < -0.3 is 40.2 Å². The molecule has 40 heavy (non-hydrogen) atoms. The van der Waals surface area contributed by atoms with Gasteiger partial charge in [-0.1, -0.05) is 60.7 Å². The highest BCUT2D eigenvalue weighted by molar-refractivity contribution is 6.43. The molecule has 0 spiro atoms. The largest absolute Gasteiger partial charge is 0.475 e. The van der Waals surface area contributed by atoms with E-state index in [1.807, 2.05) is 60.7 Å². The maximum atomic E-state index is 13.7. The van der Waals surface area contributed by atoms with Crippen LogP contribution in [0.15, 0.2) is 60.7 Å². The maximum absolute atomic E-state index is 13.7. The van der Waals surface area contributed by atoms with Crippen LogP contribution < -0.4 is 10.6 Å². The molecule has 0 aromatic heterocycles. The molecule has 5 N–H and O–H groups in total. The van der Waals surface area contributed by atoms with E-state index in [0.717, 1.165) is 18.2 Å². The fraction of sp³-hybridized carbons (Fsp3) is 0.464. The van der Waals surface area contributed by atoms with Crippen molar-refractivity contribution in [2.75, 3.05) is 27.4 Å². The standard InChI is InChI=1S/C27H36BN3O7.CH4O/c1-37-17-9-15-24(28(35)36)30-25(32)23-14-8-16-31(23)26(33)22(18-20-10-4-2-5-11-20)29-27(34)38-19-21-12-6-3-7-13-21;1-2/h2-7,10-13,22-24,35-36H,8-9,14-19H2,1H3,(H,29,34)(H,30,32);2H,1H3/t22-,23+,24?;/m1./s1. The van der Waals surface area contributed by atoms with Crippen LogP contribution in [0, 0.1) is 0 Å². The van der Waals surface area contributed by atoms with Crippen LogP contribution in [0.1, 0.15) is 36.8 Å². The molecule has 3 amide bonds. The molecule has 1 unspecified atom stereocenters. The number of alkyl carbamates (subject to hydrolysis) is 1. The van der Waals surface area contributed by atoms with Gasteiger partial charge in [0.1, 0.15) is 18.7 Å². The lowest BCUT2D eigenvalue weighted by Gasteiger charge is -2.30. The van der Waals surface area contributed by atoms with Crippen LogP contribution in [0.4, 0.5) is 4.79 Å². The van der Waals surface area contributed by atoms with E-state index < -0.39 is 43.1 Å². The number of nitrogens with zero attached hydrogens (tertiary/aromatic N) is 1. The van der Waals surface area contributed by atoms with Gasteiger partial charge in [0, 0.05) is 33.8 Å². The molecule has 1 fully saturated rings. The van der Waals surface area contributed by atoms with Crippen LogP contribution >= 0.6 is 0 Å². The second-order valence-corrected chi connectivity index (χ2v) is 9.30. The highest BCUT2D eigenvalue weighted by Gasteiger charge is 2.39. The summed E-state index contributed by atoms with van der Waals surface area (Å²) in [5.74, 6) is -1.75. The van der Waals surface area contributed by atoms with E-state index in [-0.39, 0.29) is 13.0 Å². The third-order valence-corrected chi connectivity index (χ3v) is 6.48. The molecule has 1 aliphatic heterocycles. The molecule has 1 heterocycles. The van der Waals surface area contributed by atoms with Crippen LogP contribution in [0.2, 0.25) is 0 Å². The van der Waals surface area contributed by atoms with Crippen molar-refractivity contribution in [3.05, 3.63) is 71.8 Å². The van der Waals surface area contributed by atoms with Crippen molar-refractivity contribution in [1.82, 2.24) is 15.5 Å². The molecule has 12 heteroatoms. The van der Waals surface area contributed by atoms with Gasteiger partial charge in [-0.15, -0.1) is 0 Å². The van der Waals surface area contributed by atoms with Gasteiger partial charge in [0.2, 0.25) is 11.8 Å². The molecular weight excluding hydrogens is 517 g/mol. The lowest BCUT2D eigenvalue weighted by molar-refractivity contribution is -0.140. The Morgan fingerprint density at radius 2 is 1.62 bits per heavy atom. The van der Waals surface area contributed by atoms with E-state index in [9.17, 15) is 24.4 Å². The molecular formula is C28H40BN3O8. The maximum Gasteiger partial charge on any atom is 0.475 e. The normalized spacial score (nSPS) is 15.7. The van der Waals surface area contributed by atoms with Gasteiger partial charge in [-0.05, 0) is 36.8 Å². The first-order valence-electron chi connectivity index (χ1n) is 13.3. The first kappa shape index (κ1) is 32.8. The summed E-state index contributed by atoms with van der Waals surface area (Å²) in [6.45, 7) is 0.820. The number of benzene rings is 2. The monoisotopic (exact) mass is 557 g/mol. The first-order chi connectivity index (χ1) is 19.4. The van der Waals surface area contributed by atoms with E-state index >= 15 is 0 Å². The first-order valence-corrected chi connectivity index (χ1v) is 13.3. The van der Waals surface area contributed by atoms with Crippen molar-refractivity contribution < 1.29 is 39.0 Å². The molecule has 218 valence electrons. The number of aliphatic hydroxyl groups excluding tert-OH is 1. The second kappa shape index (κ2) is 18.0. The smallest absolute Gasteiger partial charge is 0.445 e. The highest BCUT2D eigenvalue weighted by atomic mass is 16.5. The number of amides is 3. The van der Waals surface area contributed by atoms with Gasteiger partial charge in [0.05, 0.1) is 5.94 Å². The Hall–Kier alpha value is -3.45. The Kier molecular flexibility index (Phi) is 14.8.